The van der Waals surface area contributed by atoms with Gasteiger partial charge < -0.3 is 10.3 Å². The Hall–Kier alpha value is -1.20. The molecule has 0 saturated heterocycles. The fourth-order valence-corrected chi connectivity index (χ4v) is 5.31. The minimum Gasteiger partial charge on any atom is -0.309 e. The summed E-state index contributed by atoms with van der Waals surface area (Å²) in [5.41, 5.74) is 1.32. The van der Waals surface area contributed by atoms with Crippen LogP contribution in [0, 0.1) is 0 Å². The smallest absolute Gasteiger partial charge is 0.259 e. The lowest BCUT2D eigenvalue weighted by Crippen LogP contribution is -2.30. The Bertz CT molecular complexity index is 741. The maximum atomic E-state index is 12.5. The molecule has 23 heavy (non-hydrogen) atoms. The maximum absolute atomic E-state index is 12.5. The molecule has 5 heteroatoms. The van der Waals surface area contributed by atoms with Gasteiger partial charge in [0, 0.05) is 10.9 Å². The maximum Gasteiger partial charge on any atom is 0.259 e. The zero-order valence-electron chi connectivity index (χ0n) is 13.6. The molecule has 0 radical (unpaired) electrons. The largest absolute Gasteiger partial charge is 0.309 e. The lowest BCUT2D eigenvalue weighted by atomic mass is 9.97. The zero-order valence-corrected chi connectivity index (χ0v) is 14.4. The van der Waals surface area contributed by atoms with E-state index in [1.165, 1.54) is 61.8 Å². The summed E-state index contributed by atoms with van der Waals surface area (Å²) in [7, 11) is 0. The molecule has 4 nitrogen and oxygen atoms in total. The number of hydrogen-bond donors (Lipinski definition) is 2. The molecule has 2 aliphatic carbocycles. The van der Waals surface area contributed by atoms with Crippen molar-refractivity contribution in [2.24, 2.45) is 0 Å². The number of fused-ring (bicyclic) bond motifs is 3. The van der Waals surface area contributed by atoms with Crippen molar-refractivity contribution in [3.8, 4) is 0 Å². The van der Waals surface area contributed by atoms with Crippen LogP contribution in [0.2, 0.25) is 0 Å². The molecule has 2 N–H and O–H groups in total. The van der Waals surface area contributed by atoms with Crippen molar-refractivity contribution >= 4 is 21.6 Å². The number of rotatable bonds is 3. The Kier molecular flexibility index (Phi) is 4.49. The van der Waals surface area contributed by atoms with Gasteiger partial charge in [0.05, 0.1) is 11.9 Å². The number of thiophene rings is 1. The summed E-state index contributed by atoms with van der Waals surface area (Å²) in [6.45, 7) is 0.679. The molecule has 2 aromatic heterocycles. The summed E-state index contributed by atoms with van der Waals surface area (Å²) in [6.07, 6.45) is 12.6. The molecule has 0 bridgehead atoms. The molecule has 1 fully saturated rings. The fraction of sp³-hybridized carbons (Fsp3) is 0.667. The summed E-state index contributed by atoms with van der Waals surface area (Å²) >= 11 is 1.72. The van der Waals surface area contributed by atoms with Gasteiger partial charge in [-0.2, -0.15) is 0 Å². The second-order valence-corrected chi connectivity index (χ2v) is 8.06. The van der Waals surface area contributed by atoms with Crippen molar-refractivity contribution in [1.29, 1.82) is 0 Å². The Morgan fingerprint density at radius 2 is 1.87 bits per heavy atom. The van der Waals surface area contributed by atoms with Crippen LogP contribution in [0.3, 0.4) is 0 Å². The van der Waals surface area contributed by atoms with Crippen LogP contribution < -0.4 is 10.9 Å². The molecule has 0 amide bonds. The van der Waals surface area contributed by atoms with Crippen molar-refractivity contribution in [1.82, 2.24) is 15.3 Å². The quantitative estimate of drug-likeness (QED) is 0.902. The van der Waals surface area contributed by atoms with Gasteiger partial charge in [-0.3, -0.25) is 4.79 Å². The van der Waals surface area contributed by atoms with Crippen LogP contribution in [0.4, 0.5) is 0 Å². The van der Waals surface area contributed by atoms with Crippen LogP contribution in [0.5, 0.6) is 0 Å². The SMILES string of the molecule is O=c1[nH]c(CNC2CCCCCCC2)nc2sc3c(c12)CCC3. The van der Waals surface area contributed by atoms with Gasteiger partial charge in [-0.15, -0.1) is 11.3 Å². The lowest BCUT2D eigenvalue weighted by Gasteiger charge is -2.20. The normalized spacial score (nSPS) is 19.7. The summed E-state index contributed by atoms with van der Waals surface area (Å²) in [6, 6.07) is 0.574. The summed E-state index contributed by atoms with van der Waals surface area (Å²) in [5, 5.41) is 4.48. The molecule has 0 unspecified atom stereocenters. The molecule has 2 heterocycles. The topological polar surface area (TPSA) is 57.8 Å². The van der Waals surface area contributed by atoms with E-state index in [0.717, 1.165) is 28.9 Å². The van der Waals surface area contributed by atoms with E-state index in [1.807, 2.05) is 0 Å². The van der Waals surface area contributed by atoms with Crippen LogP contribution >= 0.6 is 11.3 Å². The summed E-state index contributed by atoms with van der Waals surface area (Å²) in [5.74, 6) is 0.796. The van der Waals surface area contributed by atoms with Gasteiger partial charge in [0.2, 0.25) is 0 Å². The third-order valence-corrected chi connectivity index (χ3v) is 6.47. The van der Waals surface area contributed by atoms with E-state index in [0.29, 0.717) is 12.6 Å². The first-order valence-electron chi connectivity index (χ1n) is 9.08. The van der Waals surface area contributed by atoms with Crippen LogP contribution in [-0.4, -0.2) is 16.0 Å². The molecule has 0 spiro atoms. The number of aromatic amines is 1. The van der Waals surface area contributed by atoms with Gasteiger partial charge in [0.25, 0.3) is 5.56 Å². The predicted octanol–water partition coefficient (Wildman–Crippen LogP) is 3.68. The van der Waals surface area contributed by atoms with Gasteiger partial charge in [-0.05, 0) is 37.7 Å². The zero-order chi connectivity index (χ0) is 15.6. The van der Waals surface area contributed by atoms with Crippen LogP contribution in [0.25, 0.3) is 10.2 Å². The van der Waals surface area contributed by atoms with E-state index in [-0.39, 0.29) is 5.56 Å². The third kappa shape index (κ3) is 3.22. The van der Waals surface area contributed by atoms with Crippen LogP contribution in [0.1, 0.15) is 67.6 Å². The Morgan fingerprint density at radius 3 is 2.70 bits per heavy atom. The van der Waals surface area contributed by atoms with Gasteiger partial charge in [0.1, 0.15) is 10.7 Å². The van der Waals surface area contributed by atoms with Crippen molar-refractivity contribution in [3.63, 3.8) is 0 Å². The average molecular weight is 331 g/mol. The van der Waals surface area contributed by atoms with E-state index in [4.69, 9.17) is 4.98 Å². The van der Waals surface area contributed by atoms with Gasteiger partial charge in [0.15, 0.2) is 0 Å². The standard InChI is InChI=1S/C18H25N3OS/c22-17-16-13-9-6-10-14(13)23-18(16)21-15(20-17)11-19-12-7-4-2-1-3-5-8-12/h12,19H,1-11H2,(H,20,21,22). The molecule has 1 saturated carbocycles. The molecule has 124 valence electrons. The molecule has 2 aliphatic rings. The first kappa shape index (κ1) is 15.3. The van der Waals surface area contributed by atoms with Gasteiger partial charge >= 0.3 is 0 Å². The molecular weight excluding hydrogens is 306 g/mol. The number of hydrogen-bond acceptors (Lipinski definition) is 4. The highest BCUT2D eigenvalue weighted by molar-refractivity contribution is 7.18. The van der Waals surface area contributed by atoms with Crippen molar-refractivity contribution in [2.45, 2.75) is 76.8 Å². The molecule has 2 aromatic rings. The monoisotopic (exact) mass is 331 g/mol. The predicted molar refractivity (Wildman–Crippen MR) is 95.2 cm³/mol. The third-order valence-electron chi connectivity index (χ3n) is 5.29. The van der Waals surface area contributed by atoms with Crippen LogP contribution in [-0.2, 0) is 19.4 Å². The molecular formula is C18H25N3OS. The minimum absolute atomic E-state index is 0.0591. The summed E-state index contributed by atoms with van der Waals surface area (Å²) < 4.78 is 0. The van der Waals surface area contributed by atoms with E-state index >= 15 is 0 Å². The Labute approximate surface area is 140 Å². The number of nitrogens with one attached hydrogen (secondary N) is 2. The highest BCUT2D eigenvalue weighted by atomic mass is 32.1. The number of nitrogens with zero attached hydrogens (tertiary/aromatic N) is 1. The average Bonchev–Trinajstić information content (AvgIpc) is 3.06. The van der Waals surface area contributed by atoms with Crippen LogP contribution in [0.15, 0.2) is 4.79 Å². The first-order valence-corrected chi connectivity index (χ1v) is 9.90. The van der Waals surface area contributed by atoms with Crippen molar-refractivity contribution in [3.05, 3.63) is 26.6 Å². The van der Waals surface area contributed by atoms with Crippen molar-refractivity contribution < 1.29 is 0 Å². The van der Waals surface area contributed by atoms with E-state index in [1.54, 1.807) is 11.3 Å². The second kappa shape index (κ2) is 6.73. The number of H-pyrrole nitrogens is 1. The second-order valence-electron chi connectivity index (χ2n) is 6.97. The van der Waals surface area contributed by atoms with E-state index < -0.39 is 0 Å². The van der Waals surface area contributed by atoms with E-state index in [9.17, 15) is 4.79 Å². The molecule has 0 aliphatic heterocycles. The minimum atomic E-state index is 0.0591. The van der Waals surface area contributed by atoms with Crippen molar-refractivity contribution in [2.75, 3.05) is 0 Å². The van der Waals surface area contributed by atoms with E-state index in [2.05, 4.69) is 10.3 Å². The Balaban J connectivity index is 1.50. The fourth-order valence-electron chi connectivity index (χ4n) is 4.03. The molecule has 0 aromatic carbocycles. The summed E-state index contributed by atoms with van der Waals surface area (Å²) in [4.78, 5) is 22.5. The Morgan fingerprint density at radius 1 is 1.09 bits per heavy atom. The first-order chi connectivity index (χ1) is 11.3. The van der Waals surface area contributed by atoms with Gasteiger partial charge in [-0.1, -0.05) is 32.1 Å². The molecule has 4 rings (SSSR count). The lowest BCUT2D eigenvalue weighted by molar-refractivity contribution is 0.386. The highest BCUT2D eigenvalue weighted by Crippen LogP contribution is 2.34. The number of aryl methyl sites for hydroxylation is 2. The number of aromatic nitrogens is 2. The van der Waals surface area contributed by atoms with Gasteiger partial charge in [-0.25, -0.2) is 4.98 Å². The molecule has 0 atom stereocenters. The highest BCUT2D eigenvalue weighted by Gasteiger charge is 2.21.